The predicted octanol–water partition coefficient (Wildman–Crippen LogP) is 2.41. The summed E-state index contributed by atoms with van der Waals surface area (Å²) in [6.45, 7) is 4.91. The lowest BCUT2D eigenvalue weighted by atomic mass is 10.2. The normalized spacial score (nSPS) is 12.4. The SMILES string of the molecule is CCCNC(=O)CN(C)C(=O)CN(C)C(C)c1cc2ccccc2o1. The van der Waals surface area contributed by atoms with E-state index in [-0.39, 0.29) is 30.9 Å². The van der Waals surface area contributed by atoms with Gasteiger partial charge in [-0.05, 0) is 32.5 Å². The van der Waals surface area contributed by atoms with Crippen molar-refractivity contribution in [3.8, 4) is 0 Å². The van der Waals surface area contributed by atoms with E-state index in [0.29, 0.717) is 6.54 Å². The lowest BCUT2D eigenvalue weighted by Crippen LogP contribution is -2.42. The van der Waals surface area contributed by atoms with Gasteiger partial charge in [-0.1, -0.05) is 25.1 Å². The highest BCUT2D eigenvalue weighted by molar-refractivity contribution is 5.85. The molecule has 136 valence electrons. The smallest absolute Gasteiger partial charge is 0.239 e. The largest absolute Gasteiger partial charge is 0.459 e. The summed E-state index contributed by atoms with van der Waals surface area (Å²) in [7, 11) is 3.52. The number of para-hydroxylation sites is 1. The Kier molecular flexibility index (Phi) is 6.58. The number of hydrogen-bond acceptors (Lipinski definition) is 4. The number of hydrogen-bond donors (Lipinski definition) is 1. The molecule has 0 spiro atoms. The van der Waals surface area contributed by atoms with Gasteiger partial charge in [0.15, 0.2) is 0 Å². The number of carbonyl (C=O) groups is 2. The highest BCUT2D eigenvalue weighted by Gasteiger charge is 2.21. The average molecular weight is 345 g/mol. The van der Waals surface area contributed by atoms with Crippen LogP contribution in [0, 0.1) is 0 Å². The van der Waals surface area contributed by atoms with Crippen LogP contribution in [0.5, 0.6) is 0 Å². The van der Waals surface area contributed by atoms with Gasteiger partial charge < -0.3 is 14.6 Å². The van der Waals surface area contributed by atoms with E-state index in [4.69, 9.17) is 4.42 Å². The molecule has 0 bridgehead atoms. The zero-order valence-corrected chi connectivity index (χ0v) is 15.4. The highest BCUT2D eigenvalue weighted by Crippen LogP contribution is 2.26. The zero-order chi connectivity index (χ0) is 18.4. The van der Waals surface area contributed by atoms with Crippen LogP contribution in [0.1, 0.15) is 32.1 Å². The number of nitrogens with one attached hydrogen (secondary N) is 1. The van der Waals surface area contributed by atoms with E-state index in [1.165, 1.54) is 4.90 Å². The van der Waals surface area contributed by atoms with E-state index in [2.05, 4.69) is 5.32 Å². The molecule has 0 saturated heterocycles. The molecule has 0 fully saturated rings. The second kappa shape index (κ2) is 8.67. The van der Waals surface area contributed by atoms with Gasteiger partial charge >= 0.3 is 0 Å². The summed E-state index contributed by atoms with van der Waals surface area (Å²) in [6, 6.07) is 9.80. The molecule has 0 aliphatic heterocycles. The van der Waals surface area contributed by atoms with Crippen LogP contribution in [-0.4, -0.2) is 55.3 Å². The number of carbonyl (C=O) groups excluding carboxylic acids is 2. The Hall–Kier alpha value is -2.34. The van der Waals surface area contributed by atoms with Crippen molar-refractivity contribution in [1.82, 2.24) is 15.1 Å². The lowest BCUT2D eigenvalue weighted by molar-refractivity contribution is -0.135. The number of amides is 2. The van der Waals surface area contributed by atoms with Gasteiger partial charge in [0.1, 0.15) is 11.3 Å². The van der Waals surface area contributed by atoms with Gasteiger partial charge in [-0.25, -0.2) is 0 Å². The molecule has 1 aromatic carbocycles. The molecule has 1 aromatic heterocycles. The van der Waals surface area contributed by atoms with Crippen molar-refractivity contribution in [3.05, 3.63) is 36.1 Å². The first-order valence-electron chi connectivity index (χ1n) is 8.61. The number of fused-ring (bicyclic) bond motifs is 1. The van der Waals surface area contributed by atoms with Gasteiger partial charge in [0.05, 0.1) is 19.1 Å². The fraction of sp³-hybridized carbons (Fsp3) is 0.474. The fourth-order valence-corrected chi connectivity index (χ4v) is 2.52. The van der Waals surface area contributed by atoms with Crippen LogP contribution in [0.4, 0.5) is 0 Å². The number of likely N-dealkylation sites (N-methyl/N-ethyl adjacent to an activating group) is 2. The van der Waals surface area contributed by atoms with Crippen LogP contribution in [-0.2, 0) is 9.59 Å². The number of rotatable bonds is 8. The molecule has 1 unspecified atom stereocenters. The average Bonchev–Trinajstić information content (AvgIpc) is 3.03. The third-order valence-corrected chi connectivity index (χ3v) is 4.28. The van der Waals surface area contributed by atoms with E-state index in [1.807, 2.05) is 56.1 Å². The predicted molar refractivity (Wildman–Crippen MR) is 98.2 cm³/mol. The van der Waals surface area contributed by atoms with E-state index in [9.17, 15) is 9.59 Å². The Morgan fingerprint density at radius 1 is 1.20 bits per heavy atom. The van der Waals surface area contributed by atoms with Gasteiger partial charge in [-0.3, -0.25) is 14.5 Å². The maximum absolute atomic E-state index is 12.3. The Morgan fingerprint density at radius 3 is 2.60 bits per heavy atom. The minimum Gasteiger partial charge on any atom is -0.459 e. The van der Waals surface area contributed by atoms with Gasteiger partial charge in [-0.2, -0.15) is 0 Å². The maximum Gasteiger partial charge on any atom is 0.239 e. The second-order valence-corrected chi connectivity index (χ2v) is 6.38. The molecule has 2 amide bonds. The monoisotopic (exact) mass is 345 g/mol. The Labute approximate surface area is 148 Å². The maximum atomic E-state index is 12.3. The van der Waals surface area contributed by atoms with Crippen LogP contribution < -0.4 is 5.32 Å². The van der Waals surface area contributed by atoms with Crippen LogP contribution in [0.2, 0.25) is 0 Å². The molecule has 0 radical (unpaired) electrons. The summed E-state index contributed by atoms with van der Waals surface area (Å²) in [4.78, 5) is 27.4. The number of furan rings is 1. The van der Waals surface area contributed by atoms with Crippen LogP contribution in [0.15, 0.2) is 34.7 Å². The molecular weight excluding hydrogens is 318 g/mol. The molecule has 0 aliphatic carbocycles. The quantitative estimate of drug-likeness (QED) is 0.798. The lowest BCUT2D eigenvalue weighted by Gasteiger charge is -2.25. The van der Waals surface area contributed by atoms with Crippen molar-refractivity contribution < 1.29 is 14.0 Å². The summed E-state index contributed by atoms with van der Waals surface area (Å²) in [5.74, 6) is 0.586. The van der Waals surface area contributed by atoms with Gasteiger partial charge in [0.25, 0.3) is 0 Å². The van der Waals surface area contributed by atoms with Crippen molar-refractivity contribution >= 4 is 22.8 Å². The fourth-order valence-electron chi connectivity index (χ4n) is 2.52. The molecule has 0 aliphatic rings. The Morgan fingerprint density at radius 2 is 1.92 bits per heavy atom. The molecule has 2 aromatic rings. The third-order valence-electron chi connectivity index (χ3n) is 4.28. The first-order valence-corrected chi connectivity index (χ1v) is 8.61. The first kappa shape index (κ1) is 19.0. The van der Waals surface area contributed by atoms with Crippen LogP contribution in [0.3, 0.4) is 0 Å². The summed E-state index contributed by atoms with van der Waals surface area (Å²) < 4.78 is 5.87. The van der Waals surface area contributed by atoms with Gasteiger partial charge in [0.2, 0.25) is 11.8 Å². The third kappa shape index (κ3) is 5.06. The van der Waals surface area contributed by atoms with E-state index in [0.717, 1.165) is 23.2 Å². The van der Waals surface area contributed by atoms with Gasteiger partial charge in [-0.15, -0.1) is 0 Å². The summed E-state index contributed by atoms with van der Waals surface area (Å²) in [6.07, 6.45) is 0.876. The van der Waals surface area contributed by atoms with Crippen molar-refractivity contribution in [2.24, 2.45) is 0 Å². The molecule has 6 heteroatoms. The van der Waals surface area contributed by atoms with E-state index >= 15 is 0 Å². The minimum absolute atomic E-state index is 0.0429. The molecule has 25 heavy (non-hydrogen) atoms. The standard InChI is InChI=1S/C19H27N3O3/c1-5-10-20-18(23)12-22(4)19(24)13-21(3)14(2)17-11-15-8-6-7-9-16(15)25-17/h6-9,11,14H,5,10,12-13H2,1-4H3,(H,20,23). The zero-order valence-electron chi connectivity index (χ0n) is 15.4. The molecule has 0 saturated carbocycles. The Bertz CT molecular complexity index is 693. The molecule has 1 heterocycles. The highest BCUT2D eigenvalue weighted by atomic mass is 16.3. The number of benzene rings is 1. The van der Waals surface area contributed by atoms with Crippen molar-refractivity contribution in [2.45, 2.75) is 26.3 Å². The van der Waals surface area contributed by atoms with Gasteiger partial charge in [0, 0.05) is 19.0 Å². The van der Waals surface area contributed by atoms with Crippen molar-refractivity contribution in [2.75, 3.05) is 33.7 Å². The van der Waals surface area contributed by atoms with Crippen molar-refractivity contribution in [1.29, 1.82) is 0 Å². The topological polar surface area (TPSA) is 65.8 Å². The molecular formula is C19H27N3O3. The van der Waals surface area contributed by atoms with Crippen LogP contribution >= 0.6 is 0 Å². The van der Waals surface area contributed by atoms with Crippen LogP contribution in [0.25, 0.3) is 11.0 Å². The Balaban J connectivity index is 1.92. The van der Waals surface area contributed by atoms with Crippen molar-refractivity contribution in [3.63, 3.8) is 0 Å². The molecule has 6 nitrogen and oxygen atoms in total. The minimum atomic E-state index is -0.134. The first-order chi connectivity index (χ1) is 11.9. The summed E-state index contributed by atoms with van der Waals surface area (Å²) in [5.41, 5.74) is 0.841. The van der Waals surface area contributed by atoms with E-state index in [1.54, 1.807) is 7.05 Å². The summed E-state index contributed by atoms with van der Waals surface area (Å²) in [5, 5.41) is 3.82. The molecule has 2 rings (SSSR count). The number of nitrogens with zero attached hydrogens (tertiary/aromatic N) is 2. The second-order valence-electron chi connectivity index (χ2n) is 6.38. The molecule has 1 atom stereocenters. The summed E-state index contributed by atoms with van der Waals surface area (Å²) >= 11 is 0. The molecule has 1 N–H and O–H groups in total. The van der Waals surface area contributed by atoms with E-state index < -0.39 is 0 Å².